The Morgan fingerprint density at radius 1 is 1.24 bits per heavy atom. The molecule has 1 aromatic heterocycles. The molecule has 1 heterocycles. The third-order valence-electron chi connectivity index (χ3n) is 3.35. The van der Waals surface area contributed by atoms with Crippen LogP contribution in [0, 0.1) is 0 Å². The number of aromatic nitrogens is 1. The van der Waals surface area contributed by atoms with Crippen LogP contribution in [-0.2, 0) is 12.8 Å². The van der Waals surface area contributed by atoms with E-state index in [1.807, 2.05) is 24.4 Å². The summed E-state index contributed by atoms with van der Waals surface area (Å²) < 4.78 is 6.30. The summed E-state index contributed by atoms with van der Waals surface area (Å²) in [6.07, 6.45) is 3.73. The zero-order valence-electron chi connectivity index (χ0n) is 12.5. The second-order valence-electron chi connectivity index (χ2n) is 4.98. The van der Waals surface area contributed by atoms with Gasteiger partial charge in [-0.3, -0.25) is 4.98 Å². The number of benzene rings is 1. The fourth-order valence-electron chi connectivity index (χ4n) is 2.37. The van der Waals surface area contributed by atoms with Crippen LogP contribution in [0.25, 0.3) is 0 Å². The number of nitrogens with one attached hydrogen (secondary N) is 1. The predicted octanol–water partition coefficient (Wildman–Crippen LogP) is 3.62. The number of likely N-dealkylation sites (N-methyl/N-ethyl adjacent to an activating group) is 1. The lowest BCUT2D eigenvalue weighted by atomic mass is 10.0. The van der Waals surface area contributed by atoms with Crippen LogP contribution in [0.15, 0.2) is 47.1 Å². The molecule has 0 aliphatic rings. The molecule has 0 fully saturated rings. The summed E-state index contributed by atoms with van der Waals surface area (Å²) in [4.78, 5) is 4.46. The molecule has 3 nitrogen and oxygen atoms in total. The largest absolute Gasteiger partial charge is 0.497 e. The average Bonchev–Trinajstić information content (AvgIpc) is 2.50. The molecule has 0 radical (unpaired) electrons. The summed E-state index contributed by atoms with van der Waals surface area (Å²) in [5.41, 5.74) is 2.38. The Labute approximate surface area is 134 Å². The van der Waals surface area contributed by atoms with Crippen molar-refractivity contribution in [3.8, 4) is 5.75 Å². The number of pyridine rings is 1. The summed E-state index contributed by atoms with van der Waals surface area (Å²) in [7, 11) is 1.70. The molecule has 2 rings (SSSR count). The normalized spacial score (nSPS) is 12.1. The minimum atomic E-state index is 0.371. The Bertz CT molecular complexity index is 557. The van der Waals surface area contributed by atoms with Gasteiger partial charge in [0.2, 0.25) is 0 Å². The smallest absolute Gasteiger partial charge is 0.119 e. The van der Waals surface area contributed by atoms with Gasteiger partial charge < -0.3 is 10.1 Å². The van der Waals surface area contributed by atoms with Crippen LogP contribution in [0.4, 0.5) is 0 Å². The molecule has 0 aliphatic carbocycles. The lowest BCUT2D eigenvalue weighted by Gasteiger charge is -2.18. The fraction of sp³-hybridized carbons (Fsp3) is 0.353. The molecule has 21 heavy (non-hydrogen) atoms. The van der Waals surface area contributed by atoms with Gasteiger partial charge >= 0.3 is 0 Å². The van der Waals surface area contributed by atoms with Crippen LogP contribution >= 0.6 is 15.9 Å². The minimum absolute atomic E-state index is 0.371. The third-order valence-corrected chi connectivity index (χ3v) is 3.82. The van der Waals surface area contributed by atoms with Crippen LogP contribution in [0.2, 0.25) is 0 Å². The molecule has 112 valence electrons. The van der Waals surface area contributed by atoms with Crippen LogP contribution in [0.1, 0.15) is 18.2 Å². The van der Waals surface area contributed by atoms with E-state index >= 15 is 0 Å². The third kappa shape index (κ3) is 5.14. The van der Waals surface area contributed by atoms with Crippen molar-refractivity contribution in [3.05, 3.63) is 58.3 Å². The van der Waals surface area contributed by atoms with Gasteiger partial charge in [0.25, 0.3) is 0 Å². The Morgan fingerprint density at radius 3 is 2.76 bits per heavy atom. The van der Waals surface area contributed by atoms with E-state index in [9.17, 15) is 0 Å². The number of hydrogen-bond acceptors (Lipinski definition) is 3. The maximum Gasteiger partial charge on any atom is 0.119 e. The molecule has 1 atom stereocenters. The molecule has 2 aromatic rings. The van der Waals surface area contributed by atoms with Crippen LogP contribution < -0.4 is 10.1 Å². The van der Waals surface area contributed by atoms with E-state index in [2.05, 4.69) is 51.4 Å². The van der Waals surface area contributed by atoms with E-state index in [4.69, 9.17) is 4.74 Å². The van der Waals surface area contributed by atoms with Crippen molar-refractivity contribution in [2.24, 2.45) is 0 Å². The second kappa shape index (κ2) is 8.15. The maximum atomic E-state index is 5.29. The summed E-state index contributed by atoms with van der Waals surface area (Å²) in [6, 6.07) is 12.7. The number of hydrogen-bond donors (Lipinski definition) is 1. The van der Waals surface area contributed by atoms with E-state index in [1.165, 1.54) is 5.56 Å². The quantitative estimate of drug-likeness (QED) is 0.829. The van der Waals surface area contributed by atoms with Crippen molar-refractivity contribution in [1.29, 1.82) is 0 Å². The highest BCUT2D eigenvalue weighted by Gasteiger charge is 2.11. The molecule has 1 unspecified atom stereocenters. The van der Waals surface area contributed by atoms with Gasteiger partial charge in [0.1, 0.15) is 5.75 Å². The van der Waals surface area contributed by atoms with Gasteiger partial charge in [-0.05, 0) is 58.7 Å². The van der Waals surface area contributed by atoms with E-state index in [0.717, 1.165) is 35.3 Å². The van der Waals surface area contributed by atoms with Gasteiger partial charge in [-0.25, -0.2) is 0 Å². The first-order chi connectivity index (χ1) is 10.2. The van der Waals surface area contributed by atoms with Crippen molar-refractivity contribution < 1.29 is 4.74 Å². The molecular formula is C17H21BrN2O. The predicted molar refractivity (Wildman–Crippen MR) is 89.8 cm³/mol. The van der Waals surface area contributed by atoms with Crippen LogP contribution in [0.3, 0.4) is 0 Å². The van der Waals surface area contributed by atoms with Crippen molar-refractivity contribution in [2.45, 2.75) is 25.8 Å². The molecule has 0 spiro atoms. The van der Waals surface area contributed by atoms with Gasteiger partial charge in [0.05, 0.1) is 7.11 Å². The van der Waals surface area contributed by atoms with Gasteiger partial charge in [0, 0.05) is 28.8 Å². The SMILES string of the molecule is CCNC(Cc1cccc(OC)c1)Cc1ccc(Br)cn1. The first-order valence-electron chi connectivity index (χ1n) is 7.18. The average molecular weight is 349 g/mol. The van der Waals surface area contributed by atoms with Gasteiger partial charge in [-0.15, -0.1) is 0 Å². The number of ether oxygens (including phenoxy) is 1. The van der Waals surface area contributed by atoms with Gasteiger partial charge in [-0.1, -0.05) is 19.1 Å². The van der Waals surface area contributed by atoms with E-state index in [0.29, 0.717) is 6.04 Å². The molecule has 0 saturated heterocycles. The van der Waals surface area contributed by atoms with Crippen LogP contribution in [-0.4, -0.2) is 24.7 Å². The highest BCUT2D eigenvalue weighted by atomic mass is 79.9. The monoisotopic (exact) mass is 348 g/mol. The van der Waals surface area contributed by atoms with E-state index in [-0.39, 0.29) is 0 Å². The standard InChI is InChI=1S/C17H21BrN2O/c1-3-19-16(11-15-8-7-14(18)12-20-15)9-13-5-4-6-17(10-13)21-2/h4-8,10,12,16,19H,3,9,11H2,1-2H3. The lowest BCUT2D eigenvalue weighted by molar-refractivity contribution is 0.413. The number of halogens is 1. The summed E-state index contributed by atoms with van der Waals surface area (Å²) in [5, 5.41) is 3.54. The molecule has 0 aliphatic heterocycles. The Balaban J connectivity index is 2.05. The molecule has 1 aromatic carbocycles. The van der Waals surface area contributed by atoms with Crippen molar-refractivity contribution in [1.82, 2.24) is 10.3 Å². The number of methoxy groups -OCH3 is 1. The minimum Gasteiger partial charge on any atom is -0.497 e. The second-order valence-corrected chi connectivity index (χ2v) is 5.90. The number of rotatable bonds is 7. The van der Waals surface area contributed by atoms with Gasteiger partial charge in [0.15, 0.2) is 0 Å². The summed E-state index contributed by atoms with van der Waals surface area (Å²) >= 11 is 3.42. The van der Waals surface area contributed by atoms with Crippen molar-refractivity contribution in [2.75, 3.05) is 13.7 Å². The topological polar surface area (TPSA) is 34.1 Å². The molecule has 0 amide bonds. The molecule has 1 N–H and O–H groups in total. The van der Waals surface area contributed by atoms with E-state index in [1.54, 1.807) is 7.11 Å². The van der Waals surface area contributed by atoms with Crippen molar-refractivity contribution >= 4 is 15.9 Å². The molecular weight excluding hydrogens is 328 g/mol. The Hall–Kier alpha value is -1.39. The molecule has 0 saturated carbocycles. The Kier molecular flexibility index (Phi) is 6.21. The van der Waals surface area contributed by atoms with Crippen molar-refractivity contribution in [3.63, 3.8) is 0 Å². The summed E-state index contributed by atoms with van der Waals surface area (Å²) in [6.45, 7) is 3.08. The van der Waals surface area contributed by atoms with E-state index < -0.39 is 0 Å². The lowest BCUT2D eigenvalue weighted by Crippen LogP contribution is -2.33. The highest BCUT2D eigenvalue weighted by molar-refractivity contribution is 9.10. The summed E-state index contributed by atoms with van der Waals surface area (Å²) in [5.74, 6) is 0.907. The Morgan fingerprint density at radius 2 is 2.10 bits per heavy atom. The highest BCUT2D eigenvalue weighted by Crippen LogP contribution is 2.16. The first kappa shape index (κ1) is 16.0. The molecule has 0 bridgehead atoms. The fourth-order valence-corrected chi connectivity index (χ4v) is 2.60. The van der Waals surface area contributed by atoms with Gasteiger partial charge in [-0.2, -0.15) is 0 Å². The first-order valence-corrected chi connectivity index (χ1v) is 7.97. The number of nitrogens with zero attached hydrogens (tertiary/aromatic N) is 1. The zero-order valence-corrected chi connectivity index (χ0v) is 14.1. The maximum absolute atomic E-state index is 5.29. The zero-order chi connectivity index (χ0) is 15.1. The molecule has 4 heteroatoms. The van der Waals surface area contributed by atoms with Crippen LogP contribution in [0.5, 0.6) is 5.75 Å².